The van der Waals surface area contributed by atoms with E-state index in [2.05, 4.69) is 22.1 Å². The molecule has 1 amide bonds. The van der Waals surface area contributed by atoms with Gasteiger partial charge in [-0.05, 0) is 36.4 Å². The number of methoxy groups -OCH3 is 1. The maximum absolute atomic E-state index is 12.1. The molecule has 3 aromatic rings. The summed E-state index contributed by atoms with van der Waals surface area (Å²) in [6.45, 7) is 0.491. The highest BCUT2D eigenvalue weighted by molar-refractivity contribution is 5.98. The Bertz CT molecular complexity index is 935. The Kier molecular flexibility index (Phi) is 5.22. The Labute approximate surface area is 146 Å². The van der Waals surface area contributed by atoms with Gasteiger partial charge >= 0.3 is 0 Å². The molecule has 126 valence electrons. The fraction of sp³-hybridized carbons (Fsp3) is 0.150. The molecule has 2 aromatic carbocycles. The van der Waals surface area contributed by atoms with Gasteiger partial charge < -0.3 is 19.8 Å². The number of benzene rings is 2. The topological polar surface area (TPSA) is 63.4 Å². The summed E-state index contributed by atoms with van der Waals surface area (Å²) >= 11 is 0. The minimum atomic E-state index is -0.150. The number of fused-ring (bicyclic) bond motifs is 1. The maximum atomic E-state index is 12.1. The lowest BCUT2D eigenvalue weighted by atomic mass is 10.1. The van der Waals surface area contributed by atoms with Crippen LogP contribution >= 0.6 is 0 Å². The predicted molar refractivity (Wildman–Crippen MR) is 96.9 cm³/mol. The number of carbonyl (C=O) groups excluding carboxylic acids is 1. The second-order valence-corrected chi connectivity index (χ2v) is 5.26. The maximum Gasteiger partial charge on any atom is 0.252 e. The van der Waals surface area contributed by atoms with E-state index in [4.69, 9.17) is 9.47 Å². The molecule has 5 heteroatoms. The van der Waals surface area contributed by atoms with Gasteiger partial charge in [0.2, 0.25) is 0 Å². The van der Waals surface area contributed by atoms with Crippen molar-refractivity contribution in [2.24, 2.45) is 0 Å². The summed E-state index contributed by atoms with van der Waals surface area (Å²) in [6, 6.07) is 14.8. The van der Waals surface area contributed by atoms with Crippen LogP contribution in [0.5, 0.6) is 11.5 Å². The fourth-order valence-electron chi connectivity index (χ4n) is 2.39. The predicted octanol–water partition coefficient (Wildman–Crippen LogP) is 2.99. The highest BCUT2D eigenvalue weighted by atomic mass is 16.5. The van der Waals surface area contributed by atoms with Gasteiger partial charge in [-0.2, -0.15) is 0 Å². The van der Waals surface area contributed by atoms with E-state index < -0.39 is 0 Å². The summed E-state index contributed by atoms with van der Waals surface area (Å²) in [4.78, 5) is 15.2. The van der Waals surface area contributed by atoms with E-state index in [9.17, 15) is 4.79 Å². The molecular weight excluding hydrogens is 316 g/mol. The van der Waals surface area contributed by atoms with Gasteiger partial charge in [-0.15, -0.1) is 0 Å². The quantitative estimate of drug-likeness (QED) is 0.705. The number of aromatic amines is 1. The third-order valence-corrected chi connectivity index (χ3v) is 3.65. The standard InChI is InChI=1S/C20H18N2O3/c1-24-18-6-2-3-7-19(18)25-13-5-4-11-22-20(23)16-8-9-17-15(14-16)10-12-21-17/h2-3,6-10,12,14,21H,11,13H2,1H3,(H,22,23). The van der Waals surface area contributed by atoms with Gasteiger partial charge in [-0.25, -0.2) is 0 Å². The van der Waals surface area contributed by atoms with Crippen molar-refractivity contribution in [2.45, 2.75) is 0 Å². The number of hydrogen-bond acceptors (Lipinski definition) is 3. The number of ether oxygens (including phenoxy) is 2. The smallest absolute Gasteiger partial charge is 0.252 e. The van der Waals surface area contributed by atoms with E-state index >= 15 is 0 Å². The summed E-state index contributed by atoms with van der Waals surface area (Å²) < 4.78 is 10.7. The molecule has 3 rings (SSSR count). The third kappa shape index (κ3) is 4.12. The van der Waals surface area contributed by atoms with E-state index in [1.54, 1.807) is 13.2 Å². The molecule has 5 nitrogen and oxygen atoms in total. The molecule has 0 aliphatic rings. The van der Waals surface area contributed by atoms with Crippen LogP contribution in [0.25, 0.3) is 10.9 Å². The molecule has 0 fully saturated rings. The zero-order chi connectivity index (χ0) is 17.5. The molecule has 0 atom stereocenters. The minimum Gasteiger partial charge on any atom is -0.493 e. The molecule has 0 spiro atoms. The van der Waals surface area contributed by atoms with Crippen molar-refractivity contribution >= 4 is 16.8 Å². The number of para-hydroxylation sites is 2. The summed E-state index contributed by atoms with van der Waals surface area (Å²) in [5, 5.41) is 3.78. The summed E-state index contributed by atoms with van der Waals surface area (Å²) in [6.07, 6.45) is 1.85. The molecule has 0 saturated heterocycles. The van der Waals surface area contributed by atoms with Crippen LogP contribution < -0.4 is 14.8 Å². The van der Waals surface area contributed by atoms with Gasteiger partial charge in [-0.3, -0.25) is 4.79 Å². The van der Waals surface area contributed by atoms with Crippen LogP contribution in [0.3, 0.4) is 0 Å². The van der Waals surface area contributed by atoms with E-state index in [0.29, 0.717) is 17.1 Å². The Balaban J connectivity index is 1.48. The van der Waals surface area contributed by atoms with Crippen LogP contribution in [0.15, 0.2) is 54.7 Å². The van der Waals surface area contributed by atoms with Crippen LogP contribution in [-0.4, -0.2) is 31.2 Å². The first-order chi connectivity index (χ1) is 12.3. The second kappa shape index (κ2) is 7.93. The van der Waals surface area contributed by atoms with Crippen molar-refractivity contribution < 1.29 is 14.3 Å². The second-order valence-electron chi connectivity index (χ2n) is 5.26. The number of amides is 1. The first kappa shape index (κ1) is 16.5. The van der Waals surface area contributed by atoms with Gasteiger partial charge in [0.1, 0.15) is 6.61 Å². The number of aromatic nitrogens is 1. The zero-order valence-electron chi connectivity index (χ0n) is 13.8. The average Bonchev–Trinajstić information content (AvgIpc) is 3.12. The third-order valence-electron chi connectivity index (χ3n) is 3.65. The number of carbonyl (C=O) groups is 1. The van der Waals surface area contributed by atoms with Crippen LogP contribution in [0, 0.1) is 11.8 Å². The molecule has 1 heterocycles. The van der Waals surface area contributed by atoms with Crippen LogP contribution in [0.2, 0.25) is 0 Å². The van der Waals surface area contributed by atoms with Crippen LogP contribution in [0.1, 0.15) is 10.4 Å². The summed E-state index contributed by atoms with van der Waals surface area (Å²) in [5.74, 6) is 6.90. The van der Waals surface area contributed by atoms with Gasteiger partial charge in [0.25, 0.3) is 5.91 Å². The molecule has 25 heavy (non-hydrogen) atoms. The molecule has 0 bridgehead atoms. The number of H-pyrrole nitrogens is 1. The van der Waals surface area contributed by atoms with Crippen LogP contribution in [0.4, 0.5) is 0 Å². The number of rotatable bonds is 5. The Morgan fingerprint density at radius 1 is 1.12 bits per heavy atom. The SMILES string of the molecule is COc1ccccc1OCC#CCNC(=O)c1ccc2[nH]ccc2c1. The van der Waals surface area contributed by atoms with Crippen molar-refractivity contribution in [1.29, 1.82) is 0 Å². The molecule has 2 N–H and O–H groups in total. The molecule has 0 aliphatic heterocycles. The van der Waals surface area contributed by atoms with E-state index in [0.717, 1.165) is 10.9 Å². The summed E-state index contributed by atoms with van der Waals surface area (Å²) in [7, 11) is 1.59. The fourth-order valence-corrected chi connectivity index (χ4v) is 2.39. The zero-order valence-corrected chi connectivity index (χ0v) is 13.8. The first-order valence-corrected chi connectivity index (χ1v) is 7.85. The number of hydrogen-bond donors (Lipinski definition) is 2. The summed E-state index contributed by atoms with van der Waals surface area (Å²) in [5.41, 5.74) is 1.61. The lowest BCUT2D eigenvalue weighted by molar-refractivity contribution is 0.0959. The van der Waals surface area contributed by atoms with Crippen LogP contribution in [-0.2, 0) is 0 Å². The van der Waals surface area contributed by atoms with Crippen molar-refractivity contribution in [2.75, 3.05) is 20.3 Å². The first-order valence-electron chi connectivity index (χ1n) is 7.85. The monoisotopic (exact) mass is 334 g/mol. The molecule has 1 aromatic heterocycles. The highest BCUT2D eigenvalue weighted by Gasteiger charge is 2.05. The van der Waals surface area contributed by atoms with Gasteiger partial charge in [0, 0.05) is 22.7 Å². The van der Waals surface area contributed by atoms with E-state index in [-0.39, 0.29) is 19.1 Å². The van der Waals surface area contributed by atoms with Gasteiger partial charge in [0.15, 0.2) is 11.5 Å². The Morgan fingerprint density at radius 3 is 2.80 bits per heavy atom. The van der Waals surface area contributed by atoms with Crippen molar-refractivity contribution in [1.82, 2.24) is 10.3 Å². The average molecular weight is 334 g/mol. The lowest BCUT2D eigenvalue weighted by Crippen LogP contribution is -2.23. The van der Waals surface area contributed by atoms with Gasteiger partial charge in [0.05, 0.1) is 13.7 Å². The molecule has 0 saturated carbocycles. The van der Waals surface area contributed by atoms with E-state index in [1.165, 1.54) is 0 Å². The van der Waals surface area contributed by atoms with Crippen molar-refractivity contribution in [3.63, 3.8) is 0 Å². The molecule has 0 radical (unpaired) electrons. The number of nitrogens with one attached hydrogen (secondary N) is 2. The Hall–Kier alpha value is -3.39. The van der Waals surface area contributed by atoms with Gasteiger partial charge in [-0.1, -0.05) is 24.0 Å². The van der Waals surface area contributed by atoms with Crippen molar-refractivity contribution in [3.05, 3.63) is 60.3 Å². The molecule has 0 unspecified atom stereocenters. The molecular formula is C20H18N2O3. The normalized spacial score (nSPS) is 9.96. The van der Waals surface area contributed by atoms with Crippen molar-refractivity contribution in [3.8, 4) is 23.3 Å². The van der Waals surface area contributed by atoms with E-state index in [1.807, 2.05) is 48.7 Å². The largest absolute Gasteiger partial charge is 0.493 e. The minimum absolute atomic E-state index is 0.150. The lowest BCUT2D eigenvalue weighted by Gasteiger charge is -2.07. The Morgan fingerprint density at radius 2 is 1.96 bits per heavy atom. The molecule has 0 aliphatic carbocycles. The highest BCUT2D eigenvalue weighted by Crippen LogP contribution is 2.25.